The number of nitrogens with two attached hydrogens (primary N) is 1. The highest BCUT2D eigenvalue weighted by Gasteiger charge is 2.28. The first-order valence-corrected chi connectivity index (χ1v) is 5.47. The van der Waals surface area contributed by atoms with E-state index in [4.69, 9.17) is 5.73 Å². The zero-order valence-corrected chi connectivity index (χ0v) is 10.6. The van der Waals surface area contributed by atoms with Crippen molar-refractivity contribution in [2.24, 2.45) is 11.7 Å². The number of hydrogen-bond acceptors (Lipinski definition) is 3. The van der Waals surface area contributed by atoms with E-state index in [9.17, 15) is 4.79 Å². The molecule has 0 bridgehead atoms. The van der Waals surface area contributed by atoms with Crippen LogP contribution in [0.5, 0.6) is 0 Å². The Balaban J connectivity index is 4.13. The minimum absolute atomic E-state index is 0.0744. The molecule has 90 valence electrons. The molecule has 4 nitrogen and oxygen atoms in total. The lowest BCUT2D eigenvalue weighted by molar-refractivity contribution is -0.123. The van der Waals surface area contributed by atoms with Gasteiger partial charge < -0.3 is 16.0 Å². The van der Waals surface area contributed by atoms with E-state index in [1.54, 1.807) is 0 Å². The van der Waals surface area contributed by atoms with E-state index in [2.05, 4.69) is 19.2 Å². The molecule has 0 saturated carbocycles. The molecule has 0 spiro atoms. The van der Waals surface area contributed by atoms with Gasteiger partial charge in [-0.2, -0.15) is 0 Å². The molecular weight excluding hydrogens is 190 g/mol. The van der Waals surface area contributed by atoms with Crippen molar-refractivity contribution in [3.05, 3.63) is 0 Å². The third kappa shape index (κ3) is 5.14. The predicted octanol–water partition coefficient (Wildman–Crippen LogP) is 0.428. The van der Waals surface area contributed by atoms with E-state index in [1.165, 1.54) is 0 Å². The fourth-order valence-electron chi connectivity index (χ4n) is 1.14. The summed E-state index contributed by atoms with van der Waals surface area (Å²) in [7, 11) is 3.91. The molecule has 1 amide bonds. The molecule has 0 aromatic carbocycles. The van der Waals surface area contributed by atoms with Crippen molar-refractivity contribution in [1.29, 1.82) is 0 Å². The van der Waals surface area contributed by atoms with Gasteiger partial charge in [0.2, 0.25) is 5.91 Å². The summed E-state index contributed by atoms with van der Waals surface area (Å²) in [5.74, 6) is 0.413. The van der Waals surface area contributed by atoms with Gasteiger partial charge in [0.15, 0.2) is 0 Å². The molecule has 0 aliphatic carbocycles. The molecular formula is C11H25N3O. The van der Waals surface area contributed by atoms with Gasteiger partial charge in [0, 0.05) is 19.5 Å². The summed E-state index contributed by atoms with van der Waals surface area (Å²) in [5, 5.41) is 3.01. The first-order chi connectivity index (χ1) is 6.81. The van der Waals surface area contributed by atoms with Crippen molar-refractivity contribution in [2.45, 2.75) is 32.7 Å². The summed E-state index contributed by atoms with van der Waals surface area (Å²) in [6.07, 6.45) is 0.523. The maximum absolute atomic E-state index is 11.6. The molecule has 0 aliphatic rings. The highest BCUT2D eigenvalue weighted by molar-refractivity contribution is 5.77. The second-order valence-corrected chi connectivity index (χ2v) is 4.88. The fraction of sp³-hybridized carbons (Fsp3) is 0.909. The normalized spacial score (nSPS) is 15.5. The standard InChI is InChI=1S/C11H25N3O/c1-9(2)11(3,8-12)13-10(15)6-7-14(4)5/h9H,6-8,12H2,1-5H3,(H,13,15). The number of amides is 1. The van der Waals surface area contributed by atoms with Crippen molar-refractivity contribution in [3.63, 3.8) is 0 Å². The van der Waals surface area contributed by atoms with Gasteiger partial charge in [0.25, 0.3) is 0 Å². The summed E-state index contributed by atoms with van der Waals surface area (Å²) in [5.41, 5.74) is 5.40. The van der Waals surface area contributed by atoms with E-state index >= 15 is 0 Å². The van der Waals surface area contributed by atoms with Gasteiger partial charge in [-0.3, -0.25) is 4.79 Å². The Kier molecular flexibility index (Phi) is 5.83. The Morgan fingerprint density at radius 3 is 2.33 bits per heavy atom. The fourth-order valence-corrected chi connectivity index (χ4v) is 1.14. The molecule has 1 unspecified atom stereocenters. The Labute approximate surface area is 93.2 Å². The Morgan fingerprint density at radius 2 is 2.00 bits per heavy atom. The second kappa shape index (κ2) is 6.08. The van der Waals surface area contributed by atoms with Crippen LogP contribution in [0.1, 0.15) is 27.2 Å². The maximum Gasteiger partial charge on any atom is 0.221 e. The van der Waals surface area contributed by atoms with Crippen LogP contribution in [0.4, 0.5) is 0 Å². The number of nitrogens with zero attached hydrogens (tertiary/aromatic N) is 1. The largest absolute Gasteiger partial charge is 0.349 e. The summed E-state index contributed by atoms with van der Waals surface area (Å²) >= 11 is 0. The van der Waals surface area contributed by atoms with E-state index < -0.39 is 0 Å². The molecule has 0 saturated heterocycles. The monoisotopic (exact) mass is 215 g/mol. The molecule has 0 aromatic rings. The third-order valence-corrected chi connectivity index (χ3v) is 2.91. The average Bonchev–Trinajstić information content (AvgIpc) is 2.14. The van der Waals surface area contributed by atoms with Crippen LogP contribution in [0.3, 0.4) is 0 Å². The average molecular weight is 215 g/mol. The molecule has 0 heterocycles. The number of carbonyl (C=O) groups is 1. The van der Waals surface area contributed by atoms with Gasteiger partial charge in [-0.1, -0.05) is 13.8 Å². The van der Waals surface area contributed by atoms with E-state index in [-0.39, 0.29) is 11.4 Å². The lowest BCUT2D eigenvalue weighted by atomic mass is 9.88. The lowest BCUT2D eigenvalue weighted by Gasteiger charge is -2.33. The van der Waals surface area contributed by atoms with Crippen LogP contribution in [0.2, 0.25) is 0 Å². The molecule has 0 fully saturated rings. The summed E-state index contributed by atoms with van der Waals surface area (Å²) in [4.78, 5) is 13.6. The molecule has 15 heavy (non-hydrogen) atoms. The second-order valence-electron chi connectivity index (χ2n) is 4.88. The molecule has 1 atom stereocenters. The minimum Gasteiger partial charge on any atom is -0.349 e. The molecule has 4 heteroatoms. The zero-order chi connectivity index (χ0) is 12.1. The minimum atomic E-state index is -0.288. The Bertz CT molecular complexity index is 204. The van der Waals surface area contributed by atoms with Crippen molar-refractivity contribution < 1.29 is 4.79 Å². The molecule has 0 aliphatic heterocycles. The molecule has 0 rings (SSSR count). The van der Waals surface area contributed by atoms with Crippen LogP contribution < -0.4 is 11.1 Å². The summed E-state index contributed by atoms with van der Waals surface area (Å²) < 4.78 is 0. The number of carbonyl (C=O) groups excluding carboxylic acids is 1. The van der Waals surface area contributed by atoms with Gasteiger partial charge in [-0.15, -0.1) is 0 Å². The smallest absolute Gasteiger partial charge is 0.221 e. The van der Waals surface area contributed by atoms with Gasteiger partial charge in [-0.25, -0.2) is 0 Å². The lowest BCUT2D eigenvalue weighted by Crippen LogP contribution is -2.55. The van der Waals surface area contributed by atoms with Crippen LogP contribution in [-0.4, -0.2) is 43.5 Å². The molecule has 0 radical (unpaired) electrons. The van der Waals surface area contributed by atoms with Crippen LogP contribution in [0.25, 0.3) is 0 Å². The topological polar surface area (TPSA) is 58.4 Å². The Morgan fingerprint density at radius 1 is 1.47 bits per heavy atom. The van der Waals surface area contributed by atoms with Crippen LogP contribution in [-0.2, 0) is 4.79 Å². The zero-order valence-electron chi connectivity index (χ0n) is 10.6. The van der Waals surface area contributed by atoms with Gasteiger partial charge in [-0.05, 0) is 26.9 Å². The van der Waals surface area contributed by atoms with E-state index in [0.717, 1.165) is 6.54 Å². The van der Waals surface area contributed by atoms with Crippen LogP contribution >= 0.6 is 0 Å². The third-order valence-electron chi connectivity index (χ3n) is 2.91. The molecule has 3 N–H and O–H groups in total. The van der Waals surface area contributed by atoms with Crippen molar-refractivity contribution in [1.82, 2.24) is 10.2 Å². The number of rotatable bonds is 6. The SMILES string of the molecule is CC(C)C(C)(CN)NC(=O)CCN(C)C. The van der Waals surface area contributed by atoms with Gasteiger partial charge in [0.1, 0.15) is 0 Å². The maximum atomic E-state index is 11.6. The predicted molar refractivity (Wildman–Crippen MR) is 63.6 cm³/mol. The van der Waals surface area contributed by atoms with Gasteiger partial charge in [0.05, 0.1) is 5.54 Å². The molecule has 0 aromatic heterocycles. The first-order valence-electron chi connectivity index (χ1n) is 5.47. The Hall–Kier alpha value is -0.610. The highest BCUT2D eigenvalue weighted by atomic mass is 16.1. The van der Waals surface area contributed by atoms with Crippen molar-refractivity contribution in [2.75, 3.05) is 27.2 Å². The van der Waals surface area contributed by atoms with Crippen molar-refractivity contribution in [3.8, 4) is 0 Å². The van der Waals surface area contributed by atoms with Crippen LogP contribution in [0.15, 0.2) is 0 Å². The van der Waals surface area contributed by atoms with E-state index in [0.29, 0.717) is 18.9 Å². The van der Waals surface area contributed by atoms with Gasteiger partial charge >= 0.3 is 0 Å². The van der Waals surface area contributed by atoms with Crippen LogP contribution in [0, 0.1) is 5.92 Å². The summed E-state index contributed by atoms with van der Waals surface area (Å²) in [6.45, 7) is 7.37. The quantitative estimate of drug-likeness (QED) is 0.675. The number of hydrogen-bond donors (Lipinski definition) is 2. The van der Waals surface area contributed by atoms with Crippen molar-refractivity contribution >= 4 is 5.91 Å². The summed E-state index contributed by atoms with van der Waals surface area (Å²) in [6, 6.07) is 0. The van der Waals surface area contributed by atoms with E-state index in [1.807, 2.05) is 25.9 Å². The first kappa shape index (κ1) is 14.4. The number of nitrogens with one attached hydrogen (secondary N) is 1. The highest BCUT2D eigenvalue weighted by Crippen LogP contribution is 2.14.